The highest BCUT2D eigenvalue weighted by molar-refractivity contribution is 5.69. The van der Waals surface area contributed by atoms with Crippen LogP contribution in [0.25, 0.3) is 0 Å². The van der Waals surface area contributed by atoms with E-state index in [1.165, 1.54) is 18.2 Å². The van der Waals surface area contributed by atoms with Crippen LogP contribution in [0.4, 0.5) is 0 Å². The number of hydrogen-bond acceptors (Lipinski definition) is 3. The number of aryl methyl sites for hydroxylation is 2. The minimum atomic E-state index is -0.191. The van der Waals surface area contributed by atoms with Crippen molar-refractivity contribution in [1.29, 1.82) is 0 Å². The fourth-order valence-electron chi connectivity index (χ4n) is 1.52. The Hall–Kier alpha value is -1.51. The lowest BCUT2D eigenvalue weighted by Gasteiger charge is -2.07. The first-order valence-corrected chi connectivity index (χ1v) is 5.39. The highest BCUT2D eigenvalue weighted by Gasteiger charge is 2.01. The molecule has 0 N–H and O–H groups in total. The van der Waals surface area contributed by atoms with Gasteiger partial charge in [-0.2, -0.15) is 0 Å². The van der Waals surface area contributed by atoms with Crippen molar-refractivity contribution < 1.29 is 14.3 Å². The molecule has 1 aromatic rings. The lowest BCUT2D eigenvalue weighted by atomic mass is 10.1. The average Bonchev–Trinajstić information content (AvgIpc) is 2.22. The molecule has 1 rings (SSSR count). The number of rotatable bonds is 5. The van der Waals surface area contributed by atoms with E-state index >= 15 is 0 Å². The second-order valence-electron chi connectivity index (χ2n) is 3.85. The van der Waals surface area contributed by atoms with Gasteiger partial charge < -0.3 is 9.47 Å². The maximum Gasteiger partial charge on any atom is 0.305 e. The standard InChI is InChI=1S/C13H18O3/c1-10-7-11(2)9-12(8-10)16-6-4-5-13(14)15-3/h7-9H,4-6H2,1-3H3. The van der Waals surface area contributed by atoms with E-state index in [1.54, 1.807) is 0 Å². The molecule has 0 heterocycles. The zero-order valence-electron chi connectivity index (χ0n) is 10.1. The Kier molecular flexibility index (Phi) is 4.83. The predicted molar refractivity (Wildman–Crippen MR) is 62.7 cm³/mol. The lowest BCUT2D eigenvalue weighted by molar-refractivity contribution is -0.140. The third-order valence-electron chi connectivity index (χ3n) is 2.22. The van der Waals surface area contributed by atoms with E-state index in [9.17, 15) is 4.79 Å². The maximum absolute atomic E-state index is 10.9. The van der Waals surface area contributed by atoms with Crippen LogP contribution in [0.15, 0.2) is 18.2 Å². The van der Waals surface area contributed by atoms with Crippen LogP contribution in [0.3, 0.4) is 0 Å². The molecule has 0 aliphatic heterocycles. The summed E-state index contributed by atoms with van der Waals surface area (Å²) in [6, 6.07) is 6.08. The van der Waals surface area contributed by atoms with Crippen molar-refractivity contribution in [2.24, 2.45) is 0 Å². The van der Waals surface area contributed by atoms with E-state index in [1.807, 2.05) is 26.0 Å². The quantitative estimate of drug-likeness (QED) is 0.567. The summed E-state index contributed by atoms with van der Waals surface area (Å²) >= 11 is 0. The monoisotopic (exact) mass is 222 g/mol. The Morgan fingerprint density at radius 2 is 1.81 bits per heavy atom. The van der Waals surface area contributed by atoms with Crippen LogP contribution in [-0.4, -0.2) is 19.7 Å². The van der Waals surface area contributed by atoms with Gasteiger partial charge in [0.05, 0.1) is 13.7 Å². The van der Waals surface area contributed by atoms with Gasteiger partial charge in [-0.1, -0.05) is 6.07 Å². The summed E-state index contributed by atoms with van der Waals surface area (Å²) in [4.78, 5) is 10.9. The van der Waals surface area contributed by atoms with Gasteiger partial charge in [-0.15, -0.1) is 0 Å². The first-order chi connectivity index (χ1) is 7.61. The van der Waals surface area contributed by atoms with Crippen LogP contribution < -0.4 is 4.74 Å². The van der Waals surface area contributed by atoms with Gasteiger partial charge in [-0.05, 0) is 43.5 Å². The number of carbonyl (C=O) groups is 1. The highest BCUT2D eigenvalue weighted by atomic mass is 16.5. The molecule has 0 saturated carbocycles. The molecule has 1 aromatic carbocycles. The molecule has 0 amide bonds. The van der Waals surface area contributed by atoms with Gasteiger partial charge in [-0.3, -0.25) is 4.79 Å². The van der Waals surface area contributed by atoms with Gasteiger partial charge in [0.15, 0.2) is 0 Å². The fraction of sp³-hybridized carbons (Fsp3) is 0.462. The topological polar surface area (TPSA) is 35.5 Å². The summed E-state index contributed by atoms with van der Waals surface area (Å²) in [5.74, 6) is 0.673. The molecule has 0 fully saturated rings. The minimum Gasteiger partial charge on any atom is -0.494 e. The molecule has 16 heavy (non-hydrogen) atoms. The first kappa shape index (κ1) is 12.6. The smallest absolute Gasteiger partial charge is 0.305 e. The van der Waals surface area contributed by atoms with Crippen molar-refractivity contribution in [1.82, 2.24) is 0 Å². The number of esters is 1. The Morgan fingerprint density at radius 1 is 1.19 bits per heavy atom. The highest BCUT2D eigenvalue weighted by Crippen LogP contribution is 2.16. The Labute approximate surface area is 96.4 Å². The second kappa shape index (κ2) is 6.16. The van der Waals surface area contributed by atoms with Crippen molar-refractivity contribution in [3.8, 4) is 5.75 Å². The Bertz CT molecular complexity index is 338. The van der Waals surface area contributed by atoms with E-state index in [4.69, 9.17) is 4.74 Å². The van der Waals surface area contributed by atoms with Crippen LogP contribution in [0.1, 0.15) is 24.0 Å². The molecule has 0 aromatic heterocycles. The summed E-state index contributed by atoms with van der Waals surface area (Å²) in [5, 5.41) is 0. The third kappa shape index (κ3) is 4.34. The zero-order chi connectivity index (χ0) is 12.0. The van der Waals surface area contributed by atoms with Crippen molar-refractivity contribution in [3.63, 3.8) is 0 Å². The van der Waals surface area contributed by atoms with Crippen LogP contribution in [0.2, 0.25) is 0 Å². The van der Waals surface area contributed by atoms with E-state index in [-0.39, 0.29) is 5.97 Å². The largest absolute Gasteiger partial charge is 0.494 e. The summed E-state index contributed by atoms with van der Waals surface area (Å²) in [7, 11) is 1.40. The summed E-state index contributed by atoms with van der Waals surface area (Å²) < 4.78 is 10.1. The maximum atomic E-state index is 10.9. The molecule has 0 aliphatic rings. The van der Waals surface area contributed by atoms with Gasteiger partial charge in [0.25, 0.3) is 0 Å². The van der Waals surface area contributed by atoms with Gasteiger partial charge in [0, 0.05) is 6.42 Å². The fourth-order valence-corrected chi connectivity index (χ4v) is 1.52. The third-order valence-corrected chi connectivity index (χ3v) is 2.22. The lowest BCUT2D eigenvalue weighted by Crippen LogP contribution is -2.04. The van der Waals surface area contributed by atoms with Gasteiger partial charge in [0.2, 0.25) is 0 Å². The second-order valence-corrected chi connectivity index (χ2v) is 3.85. The molecule has 0 spiro atoms. The molecule has 0 saturated heterocycles. The number of hydrogen-bond donors (Lipinski definition) is 0. The molecule has 88 valence electrons. The van der Waals surface area contributed by atoms with E-state index in [0.717, 1.165) is 5.75 Å². The SMILES string of the molecule is COC(=O)CCCOc1cc(C)cc(C)c1. The van der Waals surface area contributed by atoms with Gasteiger partial charge in [0.1, 0.15) is 5.75 Å². The predicted octanol–water partition coefficient (Wildman–Crippen LogP) is 2.64. The van der Waals surface area contributed by atoms with Crippen LogP contribution >= 0.6 is 0 Å². The molecular weight excluding hydrogens is 204 g/mol. The normalized spacial score (nSPS) is 9.94. The average molecular weight is 222 g/mol. The summed E-state index contributed by atoms with van der Waals surface area (Å²) in [5.41, 5.74) is 2.37. The number of benzene rings is 1. The van der Waals surface area contributed by atoms with Gasteiger partial charge >= 0.3 is 5.97 Å². The molecule has 3 nitrogen and oxygen atoms in total. The summed E-state index contributed by atoms with van der Waals surface area (Å²) in [6.07, 6.45) is 1.08. The van der Waals surface area contributed by atoms with Crippen LogP contribution in [-0.2, 0) is 9.53 Å². The Morgan fingerprint density at radius 3 is 2.38 bits per heavy atom. The van der Waals surface area contributed by atoms with Gasteiger partial charge in [-0.25, -0.2) is 0 Å². The van der Waals surface area contributed by atoms with Crippen LogP contribution in [0, 0.1) is 13.8 Å². The number of methoxy groups -OCH3 is 1. The molecule has 0 bridgehead atoms. The molecule has 0 radical (unpaired) electrons. The van der Waals surface area contributed by atoms with Crippen LogP contribution in [0.5, 0.6) is 5.75 Å². The van der Waals surface area contributed by atoms with Crippen molar-refractivity contribution in [3.05, 3.63) is 29.3 Å². The molecule has 0 aliphatic carbocycles. The molecule has 3 heteroatoms. The Balaban J connectivity index is 2.34. The number of carbonyl (C=O) groups excluding carboxylic acids is 1. The van der Waals surface area contributed by atoms with E-state index in [2.05, 4.69) is 10.8 Å². The molecule has 0 unspecified atom stereocenters. The van der Waals surface area contributed by atoms with Crippen molar-refractivity contribution in [2.75, 3.05) is 13.7 Å². The van der Waals surface area contributed by atoms with Crippen molar-refractivity contribution >= 4 is 5.97 Å². The molecule has 0 atom stereocenters. The summed E-state index contributed by atoms with van der Waals surface area (Å²) in [6.45, 7) is 4.61. The minimum absolute atomic E-state index is 0.191. The van der Waals surface area contributed by atoms with E-state index < -0.39 is 0 Å². The van der Waals surface area contributed by atoms with E-state index in [0.29, 0.717) is 19.4 Å². The molecular formula is C13H18O3. The van der Waals surface area contributed by atoms with Crippen molar-refractivity contribution in [2.45, 2.75) is 26.7 Å². The zero-order valence-corrected chi connectivity index (χ0v) is 10.1. The number of ether oxygens (including phenoxy) is 2. The first-order valence-electron chi connectivity index (χ1n) is 5.39.